The van der Waals surface area contributed by atoms with Crippen molar-refractivity contribution in [2.45, 2.75) is 32.9 Å². The molecule has 5 heteroatoms. The summed E-state index contributed by atoms with van der Waals surface area (Å²) in [6.07, 6.45) is -0.729. The van der Waals surface area contributed by atoms with E-state index in [0.717, 1.165) is 12.1 Å². The Morgan fingerprint density at radius 3 is 2.72 bits per heavy atom. The van der Waals surface area contributed by atoms with E-state index in [-0.39, 0.29) is 12.2 Å². The van der Waals surface area contributed by atoms with E-state index in [1.807, 2.05) is 6.92 Å². The van der Waals surface area contributed by atoms with Crippen LogP contribution in [-0.2, 0) is 11.3 Å². The van der Waals surface area contributed by atoms with Crippen molar-refractivity contribution in [1.82, 2.24) is 5.32 Å². The Labute approximate surface area is 106 Å². The fourth-order valence-corrected chi connectivity index (χ4v) is 1.48. The molecule has 1 aromatic rings. The Balaban J connectivity index is 2.75. The summed E-state index contributed by atoms with van der Waals surface area (Å²) < 4.78 is 18.8. The highest BCUT2D eigenvalue weighted by molar-refractivity contribution is 5.72. The summed E-state index contributed by atoms with van der Waals surface area (Å²) in [5.41, 5.74) is 0.796. The van der Waals surface area contributed by atoms with Gasteiger partial charge in [0.25, 0.3) is 0 Å². The normalized spacial score (nSPS) is 12.2. The molecule has 0 heterocycles. The van der Waals surface area contributed by atoms with Crippen LogP contribution in [0.1, 0.15) is 25.8 Å². The average molecular weight is 255 g/mol. The van der Waals surface area contributed by atoms with Crippen LogP contribution in [0.3, 0.4) is 0 Å². The lowest BCUT2D eigenvalue weighted by Gasteiger charge is -2.14. The van der Waals surface area contributed by atoms with Gasteiger partial charge in [0.15, 0.2) is 17.7 Å². The molecule has 0 aliphatic rings. The maximum atomic E-state index is 13.7. The highest BCUT2D eigenvalue weighted by Gasteiger charge is 2.18. The van der Waals surface area contributed by atoms with Crippen LogP contribution in [0.25, 0.3) is 0 Å². The smallest absolute Gasteiger partial charge is 0.344 e. The minimum Gasteiger partial charge on any atom is -0.479 e. The Morgan fingerprint density at radius 2 is 2.22 bits per heavy atom. The van der Waals surface area contributed by atoms with Crippen molar-refractivity contribution in [3.63, 3.8) is 0 Å². The zero-order valence-corrected chi connectivity index (χ0v) is 10.6. The fourth-order valence-electron chi connectivity index (χ4n) is 1.48. The largest absolute Gasteiger partial charge is 0.479 e. The van der Waals surface area contributed by atoms with Gasteiger partial charge in [0, 0.05) is 6.54 Å². The van der Waals surface area contributed by atoms with E-state index in [2.05, 4.69) is 5.32 Å². The van der Waals surface area contributed by atoms with Gasteiger partial charge in [-0.3, -0.25) is 0 Å². The van der Waals surface area contributed by atoms with E-state index in [9.17, 15) is 9.18 Å². The summed E-state index contributed by atoms with van der Waals surface area (Å²) in [7, 11) is 0. The maximum Gasteiger partial charge on any atom is 0.344 e. The van der Waals surface area contributed by atoms with Crippen molar-refractivity contribution in [3.8, 4) is 5.75 Å². The van der Waals surface area contributed by atoms with Crippen molar-refractivity contribution in [1.29, 1.82) is 0 Å². The molecular formula is C13H18FNO3. The highest BCUT2D eigenvalue weighted by atomic mass is 19.1. The van der Waals surface area contributed by atoms with Crippen LogP contribution in [0.2, 0.25) is 0 Å². The van der Waals surface area contributed by atoms with Crippen LogP contribution in [0, 0.1) is 5.82 Å². The molecular weight excluding hydrogens is 237 g/mol. The molecule has 0 aliphatic heterocycles. The van der Waals surface area contributed by atoms with Gasteiger partial charge in [-0.25, -0.2) is 9.18 Å². The standard InChI is InChI=1S/C13H18FNO3/c1-3-11(13(16)17)18-12-6-5-9(7-10(12)14)8-15-4-2/h5-7,11,15H,3-4,8H2,1-2H3,(H,16,17). The number of ether oxygens (including phenoxy) is 1. The molecule has 0 radical (unpaired) electrons. The van der Waals surface area contributed by atoms with Gasteiger partial charge in [-0.05, 0) is 30.7 Å². The van der Waals surface area contributed by atoms with Gasteiger partial charge < -0.3 is 15.2 Å². The summed E-state index contributed by atoms with van der Waals surface area (Å²) in [6.45, 7) is 5.02. The quantitative estimate of drug-likeness (QED) is 0.784. The number of aliphatic carboxylic acids is 1. The summed E-state index contributed by atoms with van der Waals surface area (Å²) in [5.74, 6) is -1.65. The lowest BCUT2D eigenvalue weighted by molar-refractivity contribution is -0.145. The number of carbonyl (C=O) groups is 1. The third-order valence-electron chi connectivity index (χ3n) is 2.49. The molecule has 1 unspecified atom stereocenters. The molecule has 0 saturated carbocycles. The van der Waals surface area contributed by atoms with E-state index in [0.29, 0.717) is 6.54 Å². The van der Waals surface area contributed by atoms with Crippen LogP contribution in [-0.4, -0.2) is 23.7 Å². The average Bonchev–Trinajstić information content (AvgIpc) is 2.34. The van der Waals surface area contributed by atoms with Crippen LogP contribution < -0.4 is 10.1 Å². The van der Waals surface area contributed by atoms with Gasteiger partial charge in [-0.1, -0.05) is 19.9 Å². The lowest BCUT2D eigenvalue weighted by atomic mass is 10.2. The molecule has 0 amide bonds. The Kier molecular flexibility index (Phi) is 5.58. The Hall–Kier alpha value is -1.62. The molecule has 0 fully saturated rings. The van der Waals surface area contributed by atoms with Crippen molar-refractivity contribution in [2.24, 2.45) is 0 Å². The summed E-state index contributed by atoms with van der Waals surface area (Å²) in [4.78, 5) is 10.8. The minimum absolute atomic E-state index is 0.0236. The second-order valence-corrected chi connectivity index (χ2v) is 3.90. The molecule has 1 atom stereocenters. The zero-order valence-electron chi connectivity index (χ0n) is 10.6. The van der Waals surface area contributed by atoms with Gasteiger partial charge in [-0.2, -0.15) is 0 Å². The van der Waals surface area contributed by atoms with Gasteiger partial charge in [-0.15, -0.1) is 0 Å². The first-order valence-electron chi connectivity index (χ1n) is 5.97. The SMILES string of the molecule is CCNCc1ccc(OC(CC)C(=O)O)c(F)c1. The van der Waals surface area contributed by atoms with E-state index in [4.69, 9.17) is 9.84 Å². The number of nitrogens with one attached hydrogen (secondary N) is 1. The molecule has 2 N–H and O–H groups in total. The van der Waals surface area contributed by atoms with Gasteiger partial charge in [0.2, 0.25) is 0 Å². The predicted molar refractivity (Wildman–Crippen MR) is 66.1 cm³/mol. The first-order valence-corrected chi connectivity index (χ1v) is 5.97. The second kappa shape index (κ2) is 6.96. The van der Waals surface area contributed by atoms with E-state index in [1.54, 1.807) is 13.0 Å². The summed E-state index contributed by atoms with van der Waals surface area (Å²) in [6, 6.07) is 4.54. The minimum atomic E-state index is -1.09. The molecule has 0 bridgehead atoms. The van der Waals surface area contributed by atoms with Gasteiger partial charge in [0.1, 0.15) is 0 Å². The monoisotopic (exact) mass is 255 g/mol. The topological polar surface area (TPSA) is 58.6 Å². The van der Waals surface area contributed by atoms with Crippen molar-refractivity contribution < 1.29 is 19.0 Å². The molecule has 0 aromatic heterocycles. The van der Waals surface area contributed by atoms with Crippen molar-refractivity contribution in [2.75, 3.05) is 6.54 Å². The molecule has 18 heavy (non-hydrogen) atoms. The molecule has 0 aliphatic carbocycles. The zero-order chi connectivity index (χ0) is 13.5. The summed E-state index contributed by atoms with van der Waals surface area (Å²) in [5, 5.41) is 11.9. The van der Waals surface area contributed by atoms with Gasteiger partial charge in [0.05, 0.1) is 0 Å². The number of halogens is 1. The number of carboxylic acids is 1. The van der Waals surface area contributed by atoms with Crippen LogP contribution in [0.4, 0.5) is 4.39 Å². The first-order chi connectivity index (χ1) is 8.58. The number of benzene rings is 1. The van der Waals surface area contributed by atoms with Crippen LogP contribution in [0.15, 0.2) is 18.2 Å². The number of hydrogen-bond acceptors (Lipinski definition) is 3. The van der Waals surface area contributed by atoms with Crippen LogP contribution >= 0.6 is 0 Å². The third-order valence-corrected chi connectivity index (χ3v) is 2.49. The molecule has 0 saturated heterocycles. The molecule has 0 spiro atoms. The number of carboxylic acid groups (broad SMARTS) is 1. The predicted octanol–water partition coefficient (Wildman–Crippen LogP) is 2.18. The molecule has 1 aromatic carbocycles. The lowest BCUT2D eigenvalue weighted by Crippen LogP contribution is -2.26. The molecule has 1 rings (SSSR count). The number of hydrogen-bond donors (Lipinski definition) is 2. The van der Waals surface area contributed by atoms with E-state index >= 15 is 0 Å². The Bertz CT molecular complexity index is 409. The van der Waals surface area contributed by atoms with Crippen molar-refractivity contribution in [3.05, 3.63) is 29.6 Å². The molecule has 100 valence electrons. The fraction of sp³-hybridized carbons (Fsp3) is 0.462. The molecule has 4 nitrogen and oxygen atoms in total. The highest BCUT2D eigenvalue weighted by Crippen LogP contribution is 2.20. The number of rotatable bonds is 7. The second-order valence-electron chi connectivity index (χ2n) is 3.90. The van der Waals surface area contributed by atoms with Crippen LogP contribution in [0.5, 0.6) is 5.75 Å². The van der Waals surface area contributed by atoms with E-state index in [1.165, 1.54) is 12.1 Å². The first kappa shape index (κ1) is 14.4. The Morgan fingerprint density at radius 1 is 1.50 bits per heavy atom. The van der Waals surface area contributed by atoms with E-state index < -0.39 is 17.9 Å². The third kappa shape index (κ3) is 4.00. The summed E-state index contributed by atoms with van der Waals surface area (Å²) >= 11 is 0. The van der Waals surface area contributed by atoms with Gasteiger partial charge >= 0.3 is 5.97 Å². The maximum absolute atomic E-state index is 13.7. The van der Waals surface area contributed by atoms with Crippen molar-refractivity contribution >= 4 is 5.97 Å².